The van der Waals surface area contributed by atoms with Gasteiger partial charge < -0.3 is 20.3 Å². The number of ether oxygens (including phenoxy) is 1. The maximum atomic E-state index is 12.6. The molecule has 3 rings (SSSR count). The van der Waals surface area contributed by atoms with Gasteiger partial charge in [-0.2, -0.15) is 8.78 Å². The number of aryl methyl sites for hydroxylation is 1. The predicted octanol–water partition coefficient (Wildman–Crippen LogP) is 3.87. The monoisotopic (exact) mass is 537 g/mol. The van der Waals surface area contributed by atoms with Gasteiger partial charge in [0.2, 0.25) is 0 Å². The van der Waals surface area contributed by atoms with Gasteiger partial charge in [-0.3, -0.25) is 4.99 Å². The van der Waals surface area contributed by atoms with Crippen molar-refractivity contribution in [3.63, 3.8) is 0 Å². The fourth-order valence-corrected chi connectivity index (χ4v) is 3.95. The number of thiazole rings is 1. The normalized spacial score (nSPS) is 16.7. The molecule has 0 aliphatic carbocycles. The van der Waals surface area contributed by atoms with Gasteiger partial charge in [-0.05, 0) is 25.0 Å². The quantitative estimate of drug-likeness (QED) is 0.319. The Balaban J connectivity index is 0.00000300. The fourth-order valence-electron chi connectivity index (χ4n) is 3.15. The van der Waals surface area contributed by atoms with Gasteiger partial charge in [0.15, 0.2) is 5.96 Å². The lowest BCUT2D eigenvalue weighted by atomic mass is 10.2. The summed E-state index contributed by atoms with van der Waals surface area (Å²) in [5.74, 6) is 0.911. The van der Waals surface area contributed by atoms with Crippen LogP contribution in [0.5, 0.6) is 5.75 Å². The molecule has 2 aromatic rings. The van der Waals surface area contributed by atoms with Crippen molar-refractivity contribution in [1.29, 1.82) is 0 Å². The summed E-state index contributed by atoms with van der Waals surface area (Å²) in [6, 6.07) is 7.06. The number of anilines is 1. The molecule has 0 radical (unpaired) electrons. The van der Waals surface area contributed by atoms with Gasteiger partial charge in [-0.15, -0.1) is 35.3 Å². The molecule has 160 valence electrons. The lowest BCUT2D eigenvalue weighted by molar-refractivity contribution is -0.0495. The molecule has 29 heavy (non-hydrogen) atoms. The number of guanidine groups is 1. The number of hydrogen-bond donors (Lipinski definition) is 2. The molecule has 1 unspecified atom stereocenters. The number of aliphatic imine (C=N–C) groups is 1. The van der Waals surface area contributed by atoms with E-state index in [4.69, 9.17) is 0 Å². The number of halogens is 3. The van der Waals surface area contributed by atoms with Crippen molar-refractivity contribution in [3.05, 3.63) is 40.3 Å². The zero-order valence-corrected chi connectivity index (χ0v) is 19.5. The zero-order valence-electron chi connectivity index (χ0n) is 16.4. The largest absolute Gasteiger partial charge is 0.433 e. The maximum Gasteiger partial charge on any atom is 0.387 e. The molecule has 0 spiro atoms. The summed E-state index contributed by atoms with van der Waals surface area (Å²) in [6.07, 6.45) is 3.77. The Morgan fingerprint density at radius 2 is 2.21 bits per heavy atom. The van der Waals surface area contributed by atoms with Gasteiger partial charge >= 0.3 is 6.61 Å². The van der Waals surface area contributed by atoms with Gasteiger partial charge in [0.25, 0.3) is 0 Å². The molecule has 10 heteroatoms. The topological polar surface area (TPSA) is 61.8 Å². The first-order valence-corrected chi connectivity index (χ1v) is 10.1. The van der Waals surface area contributed by atoms with Crippen LogP contribution in [0.15, 0.2) is 35.5 Å². The molecule has 1 fully saturated rings. The molecule has 0 amide bonds. The van der Waals surface area contributed by atoms with E-state index in [1.54, 1.807) is 36.6 Å². The van der Waals surface area contributed by atoms with Crippen molar-refractivity contribution in [1.82, 2.24) is 15.6 Å². The highest BCUT2D eigenvalue weighted by Crippen LogP contribution is 2.31. The molecule has 1 aromatic heterocycles. The second-order valence-electron chi connectivity index (χ2n) is 6.42. The van der Waals surface area contributed by atoms with Crippen LogP contribution in [0.25, 0.3) is 0 Å². The fraction of sp³-hybridized carbons (Fsp3) is 0.474. The molecular formula is C19H26F2IN5OS. The Morgan fingerprint density at radius 3 is 2.90 bits per heavy atom. The molecule has 0 saturated carbocycles. The maximum absolute atomic E-state index is 12.6. The lowest BCUT2D eigenvalue weighted by Crippen LogP contribution is -2.44. The number of hydrogen-bond acceptors (Lipinski definition) is 5. The number of benzene rings is 1. The molecule has 1 saturated heterocycles. The minimum Gasteiger partial charge on any atom is -0.433 e. The van der Waals surface area contributed by atoms with Crippen molar-refractivity contribution >= 4 is 47.0 Å². The van der Waals surface area contributed by atoms with Crippen LogP contribution in [0.2, 0.25) is 0 Å². The van der Waals surface area contributed by atoms with Crippen LogP contribution >= 0.6 is 35.3 Å². The summed E-state index contributed by atoms with van der Waals surface area (Å²) in [5, 5.41) is 7.71. The van der Waals surface area contributed by atoms with Crippen LogP contribution in [0, 0.1) is 0 Å². The van der Waals surface area contributed by atoms with E-state index in [0.29, 0.717) is 24.7 Å². The first kappa shape index (κ1) is 23.6. The van der Waals surface area contributed by atoms with E-state index < -0.39 is 6.61 Å². The van der Waals surface area contributed by atoms with Crippen LogP contribution in [0.4, 0.5) is 14.5 Å². The summed E-state index contributed by atoms with van der Waals surface area (Å²) in [7, 11) is 1.73. The second-order valence-corrected chi connectivity index (χ2v) is 7.62. The number of alkyl halides is 2. The minimum absolute atomic E-state index is 0. The average Bonchev–Trinajstić information content (AvgIpc) is 3.34. The molecule has 2 heterocycles. The SMILES string of the molecule is CCc1cnc(CNC(=NC)NC2CCN(c3ccccc3OC(F)F)C2)s1.I. The summed E-state index contributed by atoms with van der Waals surface area (Å²) in [5.41, 5.74) is 0.685. The van der Waals surface area contributed by atoms with Gasteiger partial charge in [-0.25, -0.2) is 4.98 Å². The molecule has 0 bridgehead atoms. The van der Waals surface area contributed by atoms with Gasteiger partial charge in [0.05, 0.1) is 12.2 Å². The smallest absolute Gasteiger partial charge is 0.387 e. The third-order valence-corrected chi connectivity index (χ3v) is 5.67. The van der Waals surface area contributed by atoms with E-state index in [1.807, 2.05) is 12.3 Å². The Bertz CT molecular complexity index is 804. The summed E-state index contributed by atoms with van der Waals surface area (Å²) >= 11 is 1.69. The Morgan fingerprint density at radius 1 is 1.41 bits per heavy atom. The number of para-hydroxylation sites is 2. The highest BCUT2D eigenvalue weighted by atomic mass is 127. The van der Waals surface area contributed by atoms with Gasteiger partial charge in [-0.1, -0.05) is 19.1 Å². The van der Waals surface area contributed by atoms with E-state index in [0.717, 1.165) is 24.4 Å². The minimum atomic E-state index is -2.83. The molecular weight excluding hydrogens is 511 g/mol. The first-order chi connectivity index (χ1) is 13.6. The van der Waals surface area contributed by atoms with E-state index in [-0.39, 0.29) is 35.8 Å². The molecule has 2 N–H and O–H groups in total. The number of rotatable bonds is 7. The molecule has 1 aliphatic heterocycles. The highest BCUT2D eigenvalue weighted by molar-refractivity contribution is 14.0. The summed E-state index contributed by atoms with van der Waals surface area (Å²) in [4.78, 5) is 12.0. The van der Waals surface area contributed by atoms with Crippen molar-refractivity contribution in [3.8, 4) is 5.75 Å². The Kier molecular flexibility index (Phi) is 9.34. The van der Waals surface area contributed by atoms with Crippen LogP contribution in [0.1, 0.15) is 23.2 Å². The van der Waals surface area contributed by atoms with Crippen LogP contribution in [-0.4, -0.2) is 43.7 Å². The lowest BCUT2D eigenvalue weighted by Gasteiger charge is -2.22. The van der Waals surface area contributed by atoms with Crippen molar-refractivity contribution in [2.45, 2.75) is 39.0 Å². The number of aromatic nitrogens is 1. The Labute approximate surface area is 190 Å². The van der Waals surface area contributed by atoms with Crippen molar-refractivity contribution in [2.24, 2.45) is 4.99 Å². The van der Waals surface area contributed by atoms with Gasteiger partial charge in [0, 0.05) is 37.3 Å². The van der Waals surface area contributed by atoms with E-state index >= 15 is 0 Å². The molecule has 6 nitrogen and oxygen atoms in total. The highest BCUT2D eigenvalue weighted by Gasteiger charge is 2.26. The number of nitrogens with zero attached hydrogens (tertiary/aromatic N) is 3. The number of nitrogens with one attached hydrogen (secondary N) is 2. The van der Waals surface area contributed by atoms with E-state index in [9.17, 15) is 8.78 Å². The second kappa shape index (κ2) is 11.5. The van der Waals surface area contributed by atoms with Crippen molar-refractivity contribution < 1.29 is 13.5 Å². The van der Waals surface area contributed by atoms with Crippen LogP contribution in [0.3, 0.4) is 0 Å². The van der Waals surface area contributed by atoms with E-state index in [1.165, 1.54) is 4.88 Å². The molecule has 1 aromatic carbocycles. The van der Waals surface area contributed by atoms with Crippen molar-refractivity contribution in [2.75, 3.05) is 25.0 Å². The standard InChI is InChI=1S/C19H25F2N5OS.HI/c1-3-14-10-23-17(28-14)11-24-19(22-2)25-13-8-9-26(12-13)15-6-4-5-7-16(15)27-18(20)21;/h4-7,10,13,18H,3,8-9,11-12H2,1-2H3,(H2,22,24,25);1H. The molecule has 1 aliphatic rings. The zero-order chi connectivity index (χ0) is 19.9. The predicted molar refractivity (Wildman–Crippen MR) is 124 cm³/mol. The van der Waals surface area contributed by atoms with Crippen LogP contribution < -0.4 is 20.3 Å². The van der Waals surface area contributed by atoms with E-state index in [2.05, 4.69) is 37.2 Å². The summed E-state index contributed by atoms with van der Waals surface area (Å²) < 4.78 is 30.0. The van der Waals surface area contributed by atoms with Crippen LogP contribution in [-0.2, 0) is 13.0 Å². The average molecular weight is 537 g/mol. The first-order valence-electron chi connectivity index (χ1n) is 9.28. The third kappa shape index (κ3) is 6.66. The summed E-state index contributed by atoms with van der Waals surface area (Å²) in [6.45, 7) is 1.33. The Hall–Kier alpha value is -1.69. The van der Waals surface area contributed by atoms with Gasteiger partial charge in [0.1, 0.15) is 10.8 Å². The third-order valence-electron chi connectivity index (χ3n) is 4.53. The molecule has 1 atom stereocenters.